The number of carbonyl (C=O) groups is 1. The molecule has 1 amide bonds. The Kier molecular flexibility index (Phi) is 6.71. The maximum atomic E-state index is 12.4. The molecule has 4 rings (SSSR count). The van der Waals surface area contributed by atoms with Crippen LogP contribution in [0.1, 0.15) is 21.6 Å². The van der Waals surface area contributed by atoms with Gasteiger partial charge in [0.05, 0.1) is 17.7 Å². The van der Waals surface area contributed by atoms with Crippen molar-refractivity contribution in [2.45, 2.75) is 6.54 Å². The number of aromatic nitrogens is 4. The van der Waals surface area contributed by atoms with Gasteiger partial charge in [-0.3, -0.25) is 24.3 Å². The van der Waals surface area contributed by atoms with Crippen molar-refractivity contribution in [3.05, 3.63) is 97.9 Å². The summed E-state index contributed by atoms with van der Waals surface area (Å²) in [5.41, 5.74) is 4.46. The first kappa shape index (κ1) is 23.1. The summed E-state index contributed by atoms with van der Waals surface area (Å²) in [5.74, 6) is -0.801. The summed E-state index contributed by atoms with van der Waals surface area (Å²) in [6.45, 7) is 0.385. The molecule has 2 heterocycles. The Morgan fingerprint density at radius 2 is 1.94 bits per heavy atom. The maximum absolute atomic E-state index is 12.4. The molecule has 0 aliphatic rings. The Morgan fingerprint density at radius 1 is 1.18 bits per heavy atom. The summed E-state index contributed by atoms with van der Waals surface area (Å²) >= 11 is 12.3. The Hall–Kier alpha value is -4.02. The molecule has 0 unspecified atom stereocenters. The first-order chi connectivity index (χ1) is 16.3. The summed E-state index contributed by atoms with van der Waals surface area (Å²) in [5, 5.41) is 24.7. The summed E-state index contributed by atoms with van der Waals surface area (Å²) in [6.07, 6.45) is 4.33. The van der Waals surface area contributed by atoms with Crippen LogP contribution in [0.3, 0.4) is 0 Å². The lowest BCUT2D eigenvalue weighted by molar-refractivity contribution is -0.385. The smallest absolute Gasteiger partial charge is 0.268 e. The molecule has 2 aromatic heterocycles. The molecular weight excluding hydrogens is 481 g/mol. The average Bonchev–Trinajstić information content (AvgIpc) is 3.40. The van der Waals surface area contributed by atoms with Gasteiger partial charge in [0.15, 0.2) is 0 Å². The lowest BCUT2D eigenvalue weighted by Crippen LogP contribution is -2.19. The van der Waals surface area contributed by atoms with Crippen molar-refractivity contribution in [3.8, 4) is 11.3 Å². The van der Waals surface area contributed by atoms with Gasteiger partial charge >= 0.3 is 5.69 Å². The van der Waals surface area contributed by atoms with Gasteiger partial charge in [-0.05, 0) is 17.7 Å². The first-order valence-corrected chi connectivity index (χ1v) is 10.7. The number of nitrogens with zero attached hydrogens (tertiary/aromatic N) is 6. The lowest BCUT2D eigenvalue weighted by Gasteiger charge is -2.05. The zero-order chi connectivity index (χ0) is 24.2. The van der Waals surface area contributed by atoms with E-state index in [9.17, 15) is 14.9 Å². The number of carbonyl (C=O) groups excluding carboxylic acids is 1. The molecule has 0 fully saturated rings. The Balaban J connectivity index is 1.60. The van der Waals surface area contributed by atoms with E-state index in [1.54, 1.807) is 23.0 Å². The first-order valence-electron chi connectivity index (χ1n) is 9.90. The number of hydrazone groups is 1. The summed E-state index contributed by atoms with van der Waals surface area (Å²) in [6, 6.07) is 14.7. The van der Waals surface area contributed by atoms with Crippen molar-refractivity contribution in [2.24, 2.45) is 12.1 Å². The number of hydrogen-bond acceptors (Lipinski definition) is 6. The van der Waals surface area contributed by atoms with E-state index in [-0.39, 0.29) is 5.69 Å². The Labute approximate surface area is 203 Å². The van der Waals surface area contributed by atoms with E-state index < -0.39 is 16.5 Å². The van der Waals surface area contributed by atoms with Gasteiger partial charge < -0.3 is 0 Å². The number of nitro groups is 1. The fourth-order valence-corrected chi connectivity index (χ4v) is 3.71. The molecule has 0 saturated carbocycles. The highest BCUT2D eigenvalue weighted by Gasteiger charge is 2.24. The van der Waals surface area contributed by atoms with Gasteiger partial charge in [0.1, 0.15) is 11.9 Å². The third-order valence-electron chi connectivity index (χ3n) is 4.78. The fraction of sp³-hybridized carbons (Fsp3) is 0.0909. The van der Waals surface area contributed by atoms with Crippen LogP contribution in [0.25, 0.3) is 11.3 Å². The largest absolute Gasteiger partial charge is 0.320 e. The van der Waals surface area contributed by atoms with E-state index in [0.29, 0.717) is 27.8 Å². The number of aryl methyl sites for hydroxylation is 1. The molecule has 34 heavy (non-hydrogen) atoms. The number of halogens is 2. The second kappa shape index (κ2) is 9.86. The Morgan fingerprint density at radius 3 is 2.65 bits per heavy atom. The van der Waals surface area contributed by atoms with Gasteiger partial charge in [0.25, 0.3) is 5.91 Å². The normalized spacial score (nSPS) is 11.1. The van der Waals surface area contributed by atoms with E-state index in [1.807, 2.05) is 36.4 Å². The summed E-state index contributed by atoms with van der Waals surface area (Å²) in [7, 11) is 1.49. The van der Waals surface area contributed by atoms with Gasteiger partial charge in [-0.2, -0.15) is 15.3 Å². The topological polar surface area (TPSA) is 120 Å². The van der Waals surface area contributed by atoms with E-state index in [1.165, 1.54) is 17.9 Å². The standard InChI is InChI=1S/C22H17Cl2N7O3/c1-29-13-19(31(33)34)21(27-29)22(32)26-25-10-16-12-30(11-15-7-8-17(23)9-18(15)24)28-20(16)14-5-3-2-4-6-14/h2-10,12-13H,11H2,1H3,(H,26,32)/b25-10+. The molecule has 0 aliphatic heterocycles. The van der Waals surface area contributed by atoms with Crippen molar-refractivity contribution >= 4 is 41.0 Å². The fourth-order valence-electron chi connectivity index (χ4n) is 3.24. The number of amides is 1. The van der Waals surface area contributed by atoms with Crippen molar-refractivity contribution < 1.29 is 9.72 Å². The van der Waals surface area contributed by atoms with Crippen LogP contribution < -0.4 is 5.43 Å². The molecule has 12 heteroatoms. The minimum atomic E-state index is -0.801. The molecule has 172 valence electrons. The highest BCUT2D eigenvalue weighted by molar-refractivity contribution is 6.35. The molecule has 0 aliphatic carbocycles. The lowest BCUT2D eigenvalue weighted by atomic mass is 10.1. The summed E-state index contributed by atoms with van der Waals surface area (Å²) < 4.78 is 2.89. The van der Waals surface area contributed by atoms with Crippen LogP contribution >= 0.6 is 23.2 Å². The number of nitrogens with one attached hydrogen (secondary N) is 1. The highest BCUT2D eigenvalue weighted by Crippen LogP contribution is 2.24. The minimum absolute atomic E-state index is 0.332. The number of rotatable bonds is 7. The molecule has 0 saturated heterocycles. The molecule has 4 aromatic rings. The van der Waals surface area contributed by atoms with Crippen LogP contribution in [0.2, 0.25) is 10.0 Å². The molecule has 0 atom stereocenters. The number of hydrogen-bond donors (Lipinski definition) is 1. The van der Waals surface area contributed by atoms with Gasteiger partial charge in [0.2, 0.25) is 5.69 Å². The monoisotopic (exact) mass is 497 g/mol. The maximum Gasteiger partial charge on any atom is 0.320 e. The second-order valence-corrected chi connectivity index (χ2v) is 8.07. The minimum Gasteiger partial charge on any atom is -0.268 e. The van der Waals surface area contributed by atoms with Gasteiger partial charge in [-0.15, -0.1) is 0 Å². The zero-order valence-electron chi connectivity index (χ0n) is 17.7. The third kappa shape index (κ3) is 5.13. The Bertz CT molecular complexity index is 1400. The van der Waals surface area contributed by atoms with Crippen molar-refractivity contribution in [2.75, 3.05) is 0 Å². The molecule has 1 N–H and O–H groups in total. The van der Waals surface area contributed by atoms with Crippen LogP contribution in [0.15, 0.2) is 66.0 Å². The third-order valence-corrected chi connectivity index (χ3v) is 5.36. The SMILES string of the molecule is Cn1cc([N+](=O)[O-])c(C(=O)N/N=C/c2cn(Cc3ccc(Cl)cc3Cl)nc2-c2ccccc2)n1. The molecular formula is C22H17Cl2N7O3. The summed E-state index contributed by atoms with van der Waals surface area (Å²) in [4.78, 5) is 22.9. The van der Waals surface area contributed by atoms with Gasteiger partial charge in [0, 0.05) is 34.4 Å². The second-order valence-electron chi connectivity index (χ2n) is 7.23. The zero-order valence-corrected chi connectivity index (χ0v) is 19.2. The number of benzene rings is 2. The highest BCUT2D eigenvalue weighted by atomic mass is 35.5. The molecule has 0 spiro atoms. The molecule has 2 aromatic carbocycles. The predicted molar refractivity (Wildman–Crippen MR) is 128 cm³/mol. The average molecular weight is 498 g/mol. The van der Waals surface area contributed by atoms with E-state index >= 15 is 0 Å². The van der Waals surface area contributed by atoms with Crippen LogP contribution in [0.4, 0.5) is 5.69 Å². The van der Waals surface area contributed by atoms with Crippen molar-refractivity contribution in [3.63, 3.8) is 0 Å². The van der Waals surface area contributed by atoms with Crippen LogP contribution in [0.5, 0.6) is 0 Å². The van der Waals surface area contributed by atoms with E-state index in [2.05, 4.69) is 20.7 Å². The van der Waals surface area contributed by atoms with Crippen molar-refractivity contribution in [1.29, 1.82) is 0 Å². The molecule has 10 nitrogen and oxygen atoms in total. The van der Waals surface area contributed by atoms with Crippen LogP contribution in [-0.2, 0) is 13.6 Å². The van der Waals surface area contributed by atoms with Gasteiger partial charge in [-0.1, -0.05) is 59.6 Å². The van der Waals surface area contributed by atoms with E-state index in [4.69, 9.17) is 23.2 Å². The van der Waals surface area contributed by atoms with Crippen LogP contribution in [0, 0.1) is 10.1 Å². The molecule has 0 radical (unpaired) electrons. The van der Waals surface area contributed by atoms with E-state index in [0.717, 1.165) is 17.3 Å². The predicted octanol–water partition coefficient (Wildman–Crippen LogP) is 4.31. The quantitative estimate of drug-likeness (QED) is 0.231. The van der Waals surface area contributed by atoms with Gasteiger partial charge in [-0.25, -0.2) is 5.43 Å². The van der Waals surface area contributed by atoms with Crippen molar-refractivity contribution in [1.82, 2.24) is 25.0 Å². The molecule has 0 bridgehead atoms. The van der Waals surface area contributed by atoms with Crippen LogP contribution in [-0.4, -0.2) is 36.6 Å².